The molecule has 3 rings (SSSR count). The minimum atomic E-state index is -0.0450. The Balaban J connectivity index is 2.24. The normalized spacial score (nSPS) is 10.9. The van der Waals surface area contributed by atoms with Gasteiger partial charge < -0.3 is 4.98 Å². The van der Waals surface area contributed by atoms with Crippen LogP contribution in [0.4, 0.5) is 0 Å². The third kappa shape index (κ3) is 2.09. The predicted molar refractivity (Wildman–Crippen MR) is 79.7 cm³/mol. The molecule has 3 aromatic rings. The second-order valence-electron chi connectivity index (χ2n) is 4.80. The van der Waals surface area contributed by atoms with E-state index in [-0.39, 0.29) is 5.56 Å². The molecule has 0 saturated heterocycles. The standard InChI is InChI=1S/C16H15N3O/c1-3-11-8-10(2)16(20)19-15(11)12-4-5-13-14(9-12)18-7-6-17-13/h4-9H,3H2,1-2H3,(H,19,20). The number of nitrogens with one attached hydrogen (secondary N) is 1. The number of aryl methyl sites for hydroxylation is 2. The molecule has 4 nitrogen and oxygen atoms in total. The molecule has 0 saturated carbocycles. The van der Waals surface area contributed by atoms with Crippen LogP contribution < -0.4 is 5.56 Å². The van der Waals surface area contributed by atoms with Crippen LogP contribution in [-0.2, 0) is 6.42 Å². The molecule has 0 spiro atoms. The van der Waals surface area contributed by atoms with Crippen LogP contribution in [0.5, 0.6) is 0 Å². The summed E-state index contributed by atoms with van der Waals surface area (Å²) in [5.74, 6) is 0. The lowest BCUT2D eigenvalue weighted by Gasteiger charge is -2.09. The van der Waals surface area contributed by atoms with Gasteiger partial charge in [0.25, 0.3) is 5.56 Å². The molecule has 0 amide bonds. The Hall–Kier alpha value is -2.49. The van der Waals surface area contributed by atoms with E-state index in [0.29, 0.717) is 0 Å². The van der Waals surface area contributed by atoms with E-state index in [1.54, 1.807) is 12.4 Å². The number of H-pyrrole nitrogens is 1. The Kier molecular flexibility index (Phi) is 3.06. The zero-order valence-corrected chi connectivity index (χ0v) is 11.5. The first-order valence-electron chi connectivity index (χ1n) is 6.63. The highest BCUT2D eigenvalue weighted by molar-refractivity contribution is 5.80. The van der Waals surface area contributed by atoms with Gasteiger partial charge >= 0.3 is 0 Å². The molecule has 100 valence electrons. The van der Waals surface area contributed by atoms with Gasteiger partial charge in [-0.05, 0) is 37.1 Å². The average Bonchev–Trinajstić information content (AvgIpc) is 2.49. The quantitative estimate of drug-likeness (QED) is 0.775. The smallest absolute Gasteiger partial charge is 0.251 e. The third-order valence-electron chi connectivity index (χ3n) is 3.45. The first kappa shape index (κ1) is 12.5. The molecule has 0 atom stereocenters. The van der Waals surface area contributed by atoms with Gasteiger partial charge in [-0.3, -0.25) is 14.8 Å². The minimum absolute atomic E-state index is 0.0450. The Morgan fingerprint density at radius 3 is 2.60 bits per heavy atom. The Bertz CT molecular complexity index is 836. The van der Waals surface area contributed by atoms with Gasteiger partial charge in [-0.2, -0.15) is 0 Å². The van der Waals surface area contributed by atoms with Crippen LogP contribution in [0.15, 0.2) is 41.5 Å². The summed E-state index contributed by atoms with van der Waals surface area (Å²) >= 11 is 0. The highest BCUT2D eigenvalue weighted by Gasteiger charge is 2.08. The molecule has 0 bridgehead atoms. The molecule has 20 heavy (non-hydrogen) atoms. The summed E-state index contributed by atoms with van der Waals surface area (Å²) in [6.07, 6.45) is 4.21. The van der Waals surface area contributed by atoms with Crippen LogP contribution in [0, 0.1) is 6.92 Å². The predicted octanol–water partition coefficient (Wildman–Crippen LogP) is 2.86. The summed E-state index contributed by atoms with van der Waals surface area (Å²) < 4.78 is 0. The lowest BCUT2D eigenvalue weighted by atomic mass is 10.0. The van der Waals surface area contributed by atoms with Crippen LogP contribution >= 0.6 is 0 Å². The van der Waals surface area contributed by atoms with Crippen molar-refractivity contribution in [3.63, 3.8) is 0 Å². The summed E-state index contributed by atoms with van der Waals surface area (Å²) in [6, 6.07) is 7.81. The van der Waals surface area contributed by atoms with E-state index in [2.05, 4.69) is 21.9 Å². The summed E-state index contributed by atoms with van der Waals surface area (Å²) in [5.41, 5.74) is 5.34. The van der Waals surface area contributed by atoms with Crippen LogP contribution in [0.25, 0.3) is 22.3 Å². The largest absolute Gasteiger partial charge is 0.321 e. The first-order valence-corrected chi connectivity index (χ1v) is 6.63. The number of hydrogen-bond donors (Lipinski definition) is 1. The Morgan fingerprint density at radius 2 is 1.85 bits per heavy atom. The van der Waals surface area contributed by atoms with E-state index >= 15 is 0 Å². The van der Waals surface area contributed by atoms with E-state index in [9.17, 15) is 4.79 Å². The SMILES string of the molecule is CCc1cc(C)c(=O)[nH]c1-c1ccc2nccnc2c1. The lowest BCUT2D eigenvalue weighted by molar-refractivity contribution is 1.07. The summed E-state index contributed by atoms with van der Waals surface area (Å²) in [6.45, 7) is 3.91. The van der Waals surface area contributed by atoms with Gasteiger partial charge in [0, 0.05) is 23.5 Å². The van der Waals surface area contributed by atoms with Crippen molar-refractivity contribution in [2.45, 2.75) is 20.3 Å². The molecule has 4 heteroatoms. The van der Waals surface area contributed by atoms with E-state index in [1.807, 2.05) is 31.2 Å². The number of nitrogens with zero attached hydrogens (tertiary/aromatic N) is 2. The fourth-order valence-electron chi connectivity index (χ4n) is 2.35. The van der Waals surface area contributed by atoms with E-state index < -0.39 is 0 Å². The fourth-order valence-corrected chi connectivity index (χ4v) is 2.35. The van der Waals surface area contributed by atoms with Crippen LogP contribution in [0.2, 0.25) is 0 Å². The van der Waals surface area contributed by atoms with Crippen molar-refractivity contribution in [3.8, 4) is 11.3 Å². The second-order valence-corrected chi connectivity index (χ2v) is 4.80. The Morgan fingerprint density at radius 1 is 1.10 bits per heavy atom. The van der Waals surface area contributed by atoms with Gasteiger partial charge in [0.1, 0.15) is 0 Å². The summed E-state index contributed by atoms with van der Waals surface area (Å²) in [7, 11) is 0. The second kappa shape index (κ2) is 4.89. The van der Waals surface area contributed by atoms with Crippen molar-refractivity contribution in [2.24, 2.45) is 0 Å². The van der Waals surface area contributed by atoms with Gasteiger partial charge in [-0.1, -0.05) is 13.0 Å². The molecular formula is C16H15N3O. The molecule has 1 aromatic carbocycles. The number of fused-ring (bicyclic) bond motifs is 1. The molecule has 0 unspecified atom stereocenters. The van der Waals surface area contributed by atoms with Crippen molar-refractivity contribution in [3.05, 3.63) is 58.1 Å². The van der Waals surface area contributed by atoms with E-state index in [0.717, 1.165) is 39.8 Å². The van der Waals surface area contributed by atoms with Gasteiger partial charge in [0.05, 0.1) is 16.7 Å². The van der Waals surface area contributed by atoms with Crippen molar-refractivity contribution in [1.29, 1.82) is 0 Å². The first-order chi connectivity index (χ1) is 9.69. The molecule has 0 radical (unpaired) electrons. The minimum Gasteiger partial charge on any atom is -0.321 e. The number of rotatable bonds is 2. The number of aromatic amines is 1. The van der Waals surface area contributed by atoms with Crippen LogP contribution in [-0.4, -0.2) is 15.0 Å². The maximum absolute atomic E-state index is 11.9. The summed E-state index contributed by atoms with van der Waals surface area (Å²) in [5, 5.41) is 0. The average molecular weight is 265 g/mol. The highest BCUT2D eigenvalue weighted by atomic mass is 16.1. The van der Waals surface area contributed by atoms with Crippen molar-refractivity contribution in [1.82, 2.24) is 15.0 Å². The van der Waals surface area contributed by atoms with Gasteiger partial charge in [-0.25, -0.2) is 0 Å². The lowest BCUT2D eigenvalue weighted by Crippen LogP contribution is -2.12. The topological polar surface area (TPSA) is 58.6 Å². The van der Waals surface area contributed by atoms with Crippen LogP contribution in [0.3, 0.4) is 0 Å². The maximum Gasteiger partial charge on any atom is 0.251 e. The Labute approximate surface area is 116 Å². The van der Waals surface area contributed by atoms with Crippen molar-refractivity contribution < 1.29 is 0 Å². The van der Waals surface area contributed by atoms with Gasteiger partial charge in [0.15, 0.2) is 0 Å². The van der Waals surface area contributed by atoms with Crippen molar-refractivity contribution in [2.75, 3.05) is 0 Å². The molecular weight excluding hydrogens is 250 g/mol. The molecule has 0 aliphatic heterocycles. The highest BCUT2D eigenvalue weighted by Crippen LogP contribution is 2.24. The monoisotopic (exact) mass is 265 g/mol. The van der Waals surface area contributed by atoms with E-state index in [1.165, 1.54) is 0 Å². The molecule has 2 aromatic heterocycles. The van der Waals surface area contributed by atoms with Crippen molar-refractivity contribution >= 4 is 11.0 Å². The molecule has 1 N–H and O–H groups in total. The third-order valence-corrected chi connectivity index (χ3v) is 3.45. The molecule has 0 aliphatic rings. The number of aromatic nitrogens is 3. The number of benzene rings is 1. The number of hydrogen-bond acceptors (Lipinski definition) is 3. The fraction of sp³-hybridized carbons (Fsp3) is 0.188. The molecule has 0 fully saturated rings. The zero-order chi connectivity index (χ0) is 14.1. The maximum atomic E-state index is 11.9. The van der Waals surface area contributed by atoms with Gasteiger partial charge in [0.2, 0.25) is 0 Å². The summed E-state index contributed by atoms with van der Waals surface area (Å²) in [4.78, 5) is 23.4. The molecule has 2 heterocycles. The van der Waals surface area contributed by atoms with Gasteiger partial charge in [-0.15, -0.1) is 0 Å². The van der Waals surface area contributed by atoms with E-state index in [4.69, 9.17) is 0 Å². The van der Waals surface area contributed by atoms with Crippen LogP contribution in [0.1, 0.15) is 18.1 Å². The zero-order valence-electron chi connectivity index (χ0n) is 11.5. The molecule has 0 aliphatic carbocycles. The number of pyridine rings is 1.